The minimum Gasteiger partial charge on any atom is -0.324 e. The third kappa shape index (κ3) is 2.66. The summed E-state index contributed by atoms with van der Waals surface area (Å²) in [5.41, 5.74) is 3.03. The van der Waals surface area contributed by atoms with E-state index in [0.29, 0.717) is 0 Å². The Morgan fingerprint density at radius 2 is 2.24 bits per heavy atom. The van der Waals surface area contributed by atoms with E-state index in [1.54, 1.807) is 0 Å². The van der Waals surface area contributed by atoms with Crippen molar-refractivity contribution < 1.29 is 4.79 Å². The number of aromatic nitrogens is 4. The van der Waals surface area contributed by atoms with Crippen LogP contribution in [0, 0.1) is 13.8 Å². The second-order valence-electron chi connectivity index (χ2n) is 3.80. The summed E-state index contributed by atoms with van der Waals surface area (Å²) in [7, 11) is 0. The van der Waals surface area contributed by atoms with Crippen LogP contribution in [0.3, 0.4) is 0 Å². The fourth-order valence-corrected chi connectivity index (χ4v) is 1.48. The molecule has 1 N–H and O–H groups in total. The van der Waals surface area contributed by atoms with E-state index in [4.69, 9.17) is 0 Å². The van der Waals surface area contributed by atoms with Crippen molar-refractivity contribution in [3.05, 3.63) is 35.7 Å². The topological polar surface area (TPSA) is 72.7 Å². The van der Waals surface area contributed by atoms with Crippen LogP contribution in [0.4, 0.5) is 5.69 Å². The first-order valence-electron chi connectivity index (χ1n) is 5.23. The number of carbonyl (C=O) groups is 1. The normalized spacial score (nSPS) is 10.2. The van der Waals surface area contributed by atoms with Crippen LogP contribution in [0.2, 0.25) is 0 Å². The summed E-state index contributed by atoms with van der Waals surface area (Å²) in [6.45, 7) is 4.09. The first kappa shape index (κ1) is 11.3. The van der Waals surface area contributed by atoms with Crippen molar-refractivity contribution in [1.82, 2.24) is 20.2 Å². The maximum Gasteiger partial charge on any atom is 0.246 e. The lowest BCUT2D eigenvalue weighted by Crippen LogP contribution is -2.19. The number of nitrogens with zero attached hydrogens (tertiary/aromatic N) is 4. The molecule has 0 spiro atoms. The van der Waals surface area contributed by atoms with Crippen molar-refractivity contribution in [2.45, 2.75) is 20.4 Å². The average molecular weight is 231 g/mol. The fraction of sp³-hybridized carbons (Fsp3) is 0.273. The van der Waals surface area contributed by atoms with Crippen LogP contribution in [0.1, 0.15) is 11.1 Å². The number of amides is 1. The van der Waals surface area contributed by atoms with Crippen LogP contribution in [0.5, 0.6) is 0 Å². The molecule has 0 aliphatic carbocycles. The summed E-state index contributed by atoms with van der Waals surface area (Å²) >= 11 is 0. The summed E-state index contributed by atoms with van der Waals surface area (Å²) in [5.74, 6) is -0.147. The highest BCUT2D eigenvalue weighted by Crippen LogP contribution is 2.17. The van der Waals surface area contributed by atoms with Gasteiger partial charge in [0.15, 0.2) is 0 Å². The molecular formula is C11H13N5O. The predicted molar refractivity (Wildman–Crippen MR) is 62.4 cm³/mol. The highest BCUT2D eigenvalue weighted by Gasteiger charge is 2.07. The van der Waals surface area contributed by atoms with Crippen LogP contribution in [0.25, 0.3) is 0 Å². The van der Waals surface area contributed by atoms with Gasteiger partial charge in [0, 0.05) is 5.69 Å². The van der Waals surface area contributed by atoms with Gasteiger partial charge in [-0.2, -0.15) is 0 Å². The number of hydrogen-bond donors (Lipinski definition) is 1. The zero-order valence-corrected chi connectivity index (χ0v) is 9.71. The first-order chi connectivity index (χ1) is 8.16. The quantitative estimate of drug-likeness (QED) is 0.852. The lowest BCUT2D eigenvalue weighted by atomic mass is 10.1. The van der Waals surface area contributed by atoms with Crippen LogP contribution in [-0.2, 0) is 11.3 Å². The number of carbonyl (C=O) groups excluding carboxylic acids is 1. The second kappa shape index (κ2) is 4.73. The molecule has 0 bridgehead atoms. The van der Waals surface area contributed by atoms with E-state index >= 15 is 0 Å². The van der Waals surface area contributed by atoms with E-state index in [0.717, 1.165) is 16.8 Å². The molecule has 17 heavy (non-hydrogen) atoms. The molecule has 1 amide bonds. The molecule has 1 aromatic heterocycles. The molecule has 88 valence electrons. The Morgan fingerprint density at radius 3 is 2.94 bits per heavy atom. The standard InChI is InChI=1S/C11H13N5O/c1-8-4-3-5-10(9(8)2)13-11(17)6-16-7-12-14-15-16/h3-5,7H,6H2,1-2H3,(H,13,17). The van der Waals surface area contributed by atoms with E-state index < -0.39 is 0 Å². The number of benzene rings is 1. The number of aryl methyl sites for hydroxylation is 1. The van der Waals surface area contributed by atoms with Crippen molar-refractivity contribution >= 4 is 11.6 Å². The Labute approximate surface area is 98.6 Å². The molecule has 2 aromatic rings. The SMILES string of the molecule is Cc1cccc(NC(=O)Cn2cnnn2)c1C. The van der Waals surface area contributed by atoms with Crippen LogP contribution < -0.4 is 5.32 Å². The van der Waals surface area contributed by atoms with Gasteiger partial charge in [-0.15, -0.1) is 5.10 Å². The highest BCUT2D eigenvalue weighted by molar-refractivity contribution is 5.91. The van der Waals surface area contributed by atoms with Gasteiger partial charge in [0.2, 0.25) is 5.91 Å². The summed E-state index contributed by atoms with van der Waals surface area (Å²) < 4.78 is 1.38. The Morgan fingerprint density at radius 1 is 1.41 bits per heavy atom. The summed E-state index contributed by atoms with van der Waals surface area (Å²) in [5, 5.41) is 13.4. The molecule has 0 saturated carbocycles. The Bertz CT molecular complexity index is 521. The van der Waals surface area contributed by atoms with Crippen LogP contribution in [0.15, 0.2) is 24.5 Å². The largest absolute Gasteiger partial charge is 0.324 e. The maximum absolute atomic E-state index is 11.7. The average Bonchev–Trinajstić information content (AvgIpc) is 2.77. The predicted octanol–water partition coefficient (Wildman–Crippen LogP) is 0.929. The summed E-state index contributed by atoms with van der Waals surface area (Å²) in [6.07, 6.45) is 1.41. The molecule has 0 aliphatic heterocycles. The lowest BCUT2D eigenvalue weighted by molar-refractivity contribution is -0.116. The molecule has 0 unspecified atom stereocenters. The monoisotopic (exact) mass is 231 g/mol. The van der Waals surface area contributed by atoms with Crippen LogP contribution >= 0.6 is 0 Å². The van der Waals surface area contributed by atoms with Gasteiger partial charge in [-0.05, 0) is 41.5 Å². The minimum atomic E-state index is -0.147. The van der Waals surface area contributed by atoms with E-state index in [1.165, 1.54) is 11.0 Å². The van der Waals surface area contributed by atoms with Crippen molar-refractivity contribution in [2.75, 3.05) is 5.32 Å². The highest BCUT2D eigenvalue weighted by atomic mass is 16.2. The maximum atomic E-state index is 11.7. The first-order valence-corrected chi connectivity index (χ1v) is 5.23. The molecule has 0 aliphatic rings. The Kier molecular flexibility index (Phi) is 3.13. The molecular weight excluding hydrogens is 218 g/mol. The number of nitrogens with one attached hydrogen (secondary N) is 1. The zero-order chi connectivity index (χ0) is 12.3. The van der Waals surface area contributed by atoms with Crippen molar-refractivity contribution in [3.8, 4) is 0 Å². The minimum absolute atomic E-state index is 0.111. The van der Waals surface area contributed by atoms with E-state index in [9.17, 15) is 4.79 Å². The molecule has 6 heteroatoms. The van der Waals surface area contributed by atoms with Crippen LogP contribution in [-0.4, -0.2) is 26.1 Å². The number of anilines is 1. The van der Waals surface area contributed by atoms with Crippen molar-refractivity contribution in [1.29, 1.82) is 0 Å². The Balaban J connectivity index is 2.06. The molecule has 0 atom stereocenters. The molecule has 0 saturated heterocycles. The van der Waals surface area contributed by atoms with Crippen molar-refractivity contribution in [2.24, 2.45) is 0 Å². The third-order valence-corrected chi connectivity index (χ3v) is 2.58. The van der Waals surface area contributed by atoms with Gasteiger partial charge in [0.05, 0.1) is 0 Å². The number of rotatable bonds is 3. The van der Waals surface area contributed by atoms with Gasteiger partial charge >= 0.3 is 0 Å². The van der Waals surface area contributed by atoms with Gasteiger partial charge < -0.3 is 5.32 Å². The lowest BCUT2D eigenvalue weighted by Gasteiger charge is -2.09. The summed E-state index contributed by atoms with van der Waals surface area (Å²) in [6, 6.07) is 5.79. The Hall–Kier alpha value is -2.24. The molecule has 0 radical (unpaired) electrons. The van der Waals surface area contributed by atoms with Gasteiger partial charge in [0.1, 0.15) is 12.9 Å². The van der Waals surface area contributed by atoms with Gasteiger partial charge in [0.25, 0.3) is 0 Å². The number of tetrazole rings is 1. The van der Waals surface area contributed by atoms with E-state index in [1.807, 2.05) is 32.0 Å². The zero-order valence-electron chi connectivity index (χ0n) is 9.71. The molecule has 1 aromatic carbocycles. The van der Waals surface area contributed by atoms with Gasteiger partial charge in [-0.1, -0.05) is 12.1 Å². The fourth-order valence-electron chi connectivity index (χ4n) is 1.48. The molecule has 2 rings (SSSR count). The smallest absolute Gasteiger partial charge is 0.246 e. The van der Waals surface area contributed by atoms with E-state index in [2.05, 4.69) is 20.8 Å². The molecule has 6 nitrogen and oxygen atoms in total. The third-order valence-electron chi connectivity index (χ3n) is 2.58. The van der Waals surface area contributed by atoms with E-state index in [-0.39, 0.29) is 12.5 Å². The number of hydrogen-bond acceptors (Lipinski definition) is 4. The van der Waals surface area contributed by atoms with Crippen molar-refractivity contribution in [3.63, 3.8) is 0 Å². The molecule has 0 fully saturated rings. The second-order valence-corrected chi connectivity index (χ2v) is 3.80. The van der Waals surface area contributed by atoms with Gasteiger partial charge in [-0.3, -0.25) is 4.79 Å². The molecule has 1 heterocycles. The summed E-state index contributed by atoms with van der Waals surface area (Å²) in [4.78, 5) is 11.7. The van der Waals surface area contributed by atoms with Gasteiger partial charge in [-0.25, -0.2) is 4.68 Å².